The summed E-state index contributed by atoms with van der Waals surface area (Å²) in [6.45, 7) is 8.51. The van der Waals surface area contributed by atoms with Gasteiger partial charge >= 0.3 is 7.12 Å². The van der Waals surface area contributed by atoms with E-state index in [0.717, 1.165) is 29.6 Å². The summed E-state index contributed by atoms with van der Waals surface area (Å²) >= 11 is 0. The fourth-order valence-corrected chi connectivity index (χ4v) is 7.88. The first-order valence-corrected chi connectivity index (χ1v) is 14.2. The van der Waals surface area contributed by atoms with Crippen molar-refractivity contribution < 1.29 is 14.0 Å². The molecular formula is C30H40BNO3. The van der Waals surface area contributed by atoms with Crippen LogP contribution in [0.3, 0.4) is 0 Å². The Hall–Kier alpha value is -1.72. The molecule has 0 radical (unpaired) electrons. The van der Waals surface area contributed by atoms with Crippen LogP contribution >= 0.6 is 0 Å². The smallest absolute Gasteiger partial charge is 0.489 e. The van der Waals surface area contributed by atoms with Crippen LogP contribution in [0.4, 0.5) is 0 Å². The second kappa shape index (κ2) is 7.89. The zero-order valence-corrected chi connectivity index (χ0v) is 21.9. The maximum Gasteiger partial charge on any atom is 0.494 e. The van der Waals surface area contributed by atoms with Crippen molar-refractivity contribution in [1.29, 1.82) is 0 Å². The third-order valence-electron chi connectivity index (χ3n) is 10.4. The minimum Gasteiger partial charge on any atom is -0.489 e. The molecule has 2 saturated carbocycles. The maximum atomic E-state index is 6.51. The summed E-state index contributed by atoms with van der Waals surface area (Å²) in [6, 6.07) is 8.02. The highest BCUT2D eigenvalue weighted by atomic mass is 16.7. The van der Waals surface area contributed by atoms with Crippen LogP contribution in [-0.2, 0) is 9.31 Å². The summed E-state index contributed by atoms with van der Waals surface area (Å²) in [5, 5.41) is 0. The van der Waals surface area contributed by atoms with Crippen LogP contribution < -0.4 is 10.2 Å². The largest absolute Gasteiger partial charge is 0.494 e. The molecule has 4 nitrogen and oxygen atoms in total. The van der Waals surface area contributed by atoms with Crippen molar-refractivity contribution in [1.82, 2.24) is 4.90 Å². The highest BCUT2D eigenvalue weighted by Gasteiger charge is 2.53. The fourth-order valence-electron chi connectivity index (χ4n) is 7.88. The summed E-state index contributed by atoms with van der Waals surface area (Å²) in [4.78, 5) is 2.94. The predicted molar refractivity (Wildman–Crippen MR) is 140 cm³/mol. The van der Waals surface area contributed by atoms with Gasteiger partial charge in [-0.3, -0.25) is 0 Å². The van der Waals surface area contributed by atoms with Gasteiger partial charge in [-0.2, -0.15) is 0 Å². The lowest BCUT2D eigenvalue weighted by Crippen LogP contribution is -2.46. The lowest BCUT2D eigenvalue weighted by molar-refractivity contribution is 0.00578. The minimum atomic E-state index is -0.322. The molecule has 0 aromatic heterocycles. The zero-order chi connectivity index (χ0) is 23.9. The third-order valence-corrected chi connectivity index (χ3v) is 10.4. The number of ether oxygens (including phenoxy) is 1. The first-order chi connectivity index (χ1) is 16.8. The average molecular weight is 473 g/mol. The second-order valence-electron chi connectivity index (χ2n) is 12.8. The molecular weight excluding hydrogens is 433 g/mol. The topological polar surface area (TPSA) is 30.9 Å². The summed E-state index contributed by atoms with van der Waals surface area (Å²) in [7, 11) is -0.313. The molecule has 5 unspecified atom stereocenters. The van der Waals surface area contributed by atoms with E-state index < -0.39 is 0 Å². The summed E-state index contributed by atoms with van der Waals surface area (Å²) < 4.78 is 19.3. The Labute approximate surface area is 211 Å². The Morgan fingerprint density at radius 2 is 1.74 bits per heavy atom. The van der Waals surface area contributed by atoms with E-state index in [-0.39, 0.29) is 18.3 Å². The molecule has 3 aliphatic carbocycles. The van der Waals surface area contributed by atoms with E-state index in [4.69, 9.17) is 14.0 Å². The van der Waals surface area contributed by atoms with Gasteiger partial charge < -0.3 is 18.9 Å². The van der Waals surface area contributed by atoms with E-state index in [1.54, 1.807) is 11.3 Å². The lowest BCUT2D eigenvalue weighted by atomic mass is 9.74. The molecule has 35 heavy (non-hydrogen) atoms. The van der Waals surface area contributed by atoms with E-state index in [2.05, 4.69) is 62.9 Å². The number of nitrogens with zero attached hydrogens (tertiary/aromatic N) is 1. The Balaban J connectivity index is 1.17. The summed E-state index contributed by atoms with van der Waals surface area (Å²) in [6.07, 6.45) is 16.8. The number of fused-ring (bicyclic) bond motifs is 5. The van der Waals surface area contributed by atoms with Crippen LogP contribution in [-0.4, -0.2) is 41.4 Å². The van der Waals surface area contributed by atoms with Gasteiger partial charge in [-0.1, -0.05) is 37.1 Å². The highest BCUT2D eigenvalue weighted by molar-refractivity contribution is 6.62. The van der Waals surface area contributed by atoms with Gasteiger partial charge in [0.2, 0.25) is 0 Å². The normalized spacial score (nSPS) is 36.5. The number of allylic oxidation sites excluding steroid dienone is 3. The second-order valence-corrected chi connectivity index (χ2v) is 12.8. The molecule has 3 heterocycles. The highest BCUT2D eigenvalue weighted by Crippen LogP contribution is 2.52. The van der Waals surface area contributed by atoms with Crippen molar-refractivity contribution in [3.05, 3.63) is 47.2 Å². The van der Waals surface area contributed by atoms with Gasteiger partial charge in [0.1, 0.15) is 11.9 Å². The minimum absolute atomic E-state index is 0.313. The van der Waals surface area contributed by atoms with E-state index in [9.17, 15) is 0 Å². The van der Waals surface area contributed by atoms with Crippen LogP contribution in [0.2, 0.25) is 0 Å². The van der Waals surface area contributed by atoms with Crippen molar-refractivity contribution in [2.24, 2.45) is 5.92 Å². The summed E-state index contributed by atoms with van der Waals surface area (Å²) in [5.74, 6) is 2.32. The SMILES string of the molecule is CC1(C)OB(c2ccc3c(c2)C2CC(N4C5=C(C=CCC5)C5CCCCC54)CCC2O3)OC1(C)C. The quantitative estimate of drug-likeness (QED) is 0.504. The number of rotatable bonds is 2. The van der Waals surface area contributed by atoms with Gasteiger partial charge in [0.25, 0.3) is 0 Å². The van der Waals surface area contributed by atoms with E-state index in [1.165, 1.54) is 56.9 Å². The molecule has 1 saturated heterocycles. The maximum absolute atomic E-state index is 6.51. The lowest BCUT2D eigenvalue weighted by Gasteiger charge is -2.44. The molecule has 5 heteroatoms. The standard InChI is InChI=1S/C30H40BNO3/c1-29(2)30(3,4)35-31(34-29)19-13-15-27-23(17-19)24-18-20(14-16-28(24)33-27)32-25-11-7-5-9-21(25)22-10-6-8-12-26(22)32/h5,9,13,15,17,20,22,24,26,28H,6-8,10-12,14,16,18H2,1-4H3. The van der Waals surface area contributed by atoms with Crippen LogP contribution in [0.5, 0.6) is 5.75 Å². The molecule has 7 rings (SSSR count). The average Bonchev–Trinajstić information content (AvgIpc) is 3.45. The van der Waals surface area contributed by atoms with Crippen molar-refractivity contribution >= 4 is 12.6 Å². The van der Waals surface area contributed by atoms with Gasteiger partial charge in [0, 0.05) is 35.2 Å². The number of hydrogen-bond acceptors (Lipinski definition) is 4. The Morgan fingerprint density at radius 1 is 0.943 bits per heavy atom. The van der Waals surface area contributed by atoms with Crippen molar-refractivity contribution in [2.45, 2.75) is 121 Å². The van der Waals surface area contributed by atoms with Crippen molar-refractivity contribution in [2.75, 3.05) is 0 Å². The van der Waals surface area contributed by atoms with Crippen LogP contribution in [0.1, 0.15) is 97.0 Å². The molecule has 6 aliphatic rings. The van der Waals surface area contributed by atoms with Crippen LogP contribution in [0.15, 0.2) is 41.6 Å². The first kappa shape index (κ1) is 22.5. The van der Waals surface area contributed by atoms with Crippen LogP contribution in [0.25, 0.3) is 0 Å². The van der Waals surface area contributed by atoms with Crippen LogP contribution in [0, 0.1) is 5.92 Å². The molecule has 3 fully saturated rings. The van der Waals surface area contributed by atoms with E-state index in [1.807, 2.05) is 0 Å². The molecule has 1 aromatic rings. The molecule has 0 bridgehead atoms. The Kier molecular flexibility index (Phi) is 5.07. The third kappa shape index (κ3) is 3.40. The Bertz CT molecular complexity index is 1080. The molecule has 0 spiro atoms. The monoisotopic (exact) mass is 473 g/mol. The molecule has 0 N–H and O–H groups in total. The molecule has 5 atom stereocenters. The molecule has 3 aliphatic heterocycles. The van der Waals surface area contributed by atoms with Crippen molar-refractivity contribution in [3.8, 4) is 5.75 Å². The molecule has 0 amide bonds. The van der Waals surface area contributed by atoms with E-state index in [0.29, 0.717) is 18.1 Å². The Morgan fingerprint density at radius 3 is 2.57 bits per heavy atom. The van der Waals surface area contributed by atoms with E-state index >= 15 is 0 Å². The van der Waals surface area contributed by atoms with Gasteiger partial charge in [-0.25, -0.2) is 0 Å². The number of hydrogen-bond donors (Lipinski definition) is 0. The first-order valence-electron chi connectivity index (χ1n) is 14.2. The predicted octanol–water partition coefficient (Wildman–Crippen LogP) is 5.86. The van der Waals surface area contributed by atoms with Gasteiger partial charge in [0.05, 0.1) is 11.2 Å². The summed E-state index contributed by atoms with van der Waals surface area (Å²) in [5.41, 5.74) is 5.25. The fraction of sp³-hybridized carbons (Fsp3) is 0.667. The number of benzene rings is 1. The zero-order valence-electron chi connectivity index (χ0n) is 21.9. The van der Waals surface area contributed by atoms with Gasteiger partial charge in [-0.05, 0) is 89.7 Å². The molecule has 1 aromatic carbocycles. The van der Waals surface area contributed by atoms with Gasteiger partial charge in [0.15, 0.2) is 0 Å². The molecule has 186 valence electrons. The van der Waals surface area contributed by atoms with Crippen molar-refractivity contribution in [3.63, 3.8) is 0 Å². The van der Waals surface area contributed by atoms with Gasteiger partial charge in [-0.15, -0.1) is 0 Å².